The average Bonchev–Trinajstić information content (AvgIpc) is 2.64. The van der Waals surface area contributed by atoms with Gasteiger partial charge in [-0.25, -0.2) is 4.39 Å². The van der Waals surface area contributed by atoms with Crippen LogP contribution < -0.4 is 0 Å². The van der Waals surface area contributed by atoms with Crippen molar-refractivity contribution in [2.24, 2.45) is 0 Å². The standard InChI is InChI=1S/C15H15ClFNO/c1-9-6-11-3-4-12(7-9)18(11)15(19)10-2-5-14(17)13(16)8-10/h2,5,8,11-12H,1,3-4,6-7H2/t11-,12+. The molecule has 3 rings (SSSR count). The van der Waals surface area contributed by atoms with E-state index in [2.05, 4.69) is 6.58 Å². The fraction of sp³-hybridized carbons (Fsp3) is 0.400. The van der Waals surface area contributed by atoms with Crippen LogP contribution in [0.25, 0.3) is 0 Å². The lowest BCUT2D eigenvalue weighted by molar-refractivity contribution is 0.0635. The number of nitrogens with zero attached hydrogens (tertiary/aromatic N) is 1. The molecule has 0 radical (unpaired) electrons. The van der Waals surface area contributed by atoms with Gasteiger partial charge in [0.1, 0.15) is 5.82 Å². The Hall–Kier alpha value is -1.35. The zero-order valence-electron chi connectivity index (χ0n) is 10.5. The van der Waals surface area contributed by atoms with Gasteiger partial charge in [-0.1, -0.05) is 23.8 Å². The van der Waals surface area contributed by atoms with Crippen molar-refractivity contribution < 1.29 is 9.18 Å². The zero-order chi connectivity index (χ0) is 13.6. The highest BCUT2D eigenvalue weighted by Crippen LogP contribution is 2.38. The number of rotatable bonds is 1. The summed E-state index contributed by atoms with van der Waals surface area (Å²) in [6.45, 7) is 4.04. The topological polar surface area (TPSA) is 20.3 Å². The van der Waals surface area contributed by atoms with Crippen LogP contribution in [0, 0.1) is 5.82 Å². The number of fused-ring (bicyclic) bond motifs is 2. The SMILES string of the molecule is C=C1C[C@H]2CC[C@@H](C1)N2C(=O)c1ccc(F)c(Cl)c1. The first-order valence-electron chi connectivity index (χ1n) is 6.50. The van der Waals surface area contributed by atoms with Gasteiger partial charge in [0.2, 0.25) is 0 Å². The van der Waals surface area contributed by atoms with Gasteiger partial charge in [-0.2, -0.15) is 0 Å². The summed E-state index contributed by atoms with van der Waals surface area (Å²) < 4.78 is 13.2. The molecular weight excluding hydrogens is 265 g/mol. The molecule has 1 aromatic carbocycles. The van der Waals surface area contributed by atoms with Crippen LogP contribution in [0.4, 0.5) is 4.39 Å². The van der Waals surface area contributed by atoms with E-state index in [-0.39, 0.29) is 23.0 Å². The normalized spacial score (nSPS) is 25.8. The lowest BCUT2D eigenvalue weighted by Gasteiger charge is -2.36. The Labute approximate surface area is 116 Å². The summed E-state index contributed by atoms with van der Waals surface area (Å²) in [5, 5.41) is -0.000355. The van der Waals surface area contributed by atoms with Crippen molar-refractivity contribution in [3.8, 4) is 0 Å². The third-order valence-corrected chi connectivity index (χ3v) is 4.36. The summed E-state index contributed by atoms with van der Waals surface area (Å²) in [6, 6.07) is 4.68. The largest absolute Gasteiger partial charge is 0.332 e. The number of carbonyl (C=O) groups is 1. The lowest BCUT2D eigenvalue weighted by Crippen LogP contribution is -2.44. The number of benzene rings is 1. The molecule has 2 bridgehead atoms. The molecule has 2 heterocycles. The Morgan fingerprint density at radius 2 is 1.95 bits per heavy atom. The summed E-state index contributed by atoms with van der Waals surface area (Å²) in [6.07, 6.45) is 3.84. The first-order valence-corrected chi connectivity index (χ1v) is 6.88. The summed E-state index contributed by atoms with van der Waals surface area (Å²) in [7, 11) is 0. The van der Waals surface area contributed by atoms with Crippen molar-refractivity contribution in [3.05, 3.63) is 46.8 Å². The van der Waals surface area contributed by atoms with Gasteiger partial charge >= 0.3 is 0 Å². The van der Waals surface area contributed by atoms with Crippen molar-refractivity contribution in [1.82, 2.24) is 4.90 Å². The highest BCUT2D eigenvalue weighted by Gasteiger charge is 2.41. The molecule has 2 aliphatic rings. The van der Waals surface area contributed by atoms with E-state index in [0.717, 1.165) is 25.7 Å². The summed E-state index contributed by atoms with van der Waals surface area (Å²) in [4.78, 5) is 14.5. The van der Waals surface area contributed by atoms with Gasteiger partial charge in [-0.3, -0.25) is 4.79 Å². The van der Waals surface area contributed by atoms with E-state index in [1.165, 1.54) is 23.8 Å². The molecule has 2 aliphatic heterocycles. The van der Waals surface area contributed by atoms with Crippen LogP contribution in [0.3, 0.4) is 0 Å². The molecule has 2 nitrogen and oxygen atoms in total. The number of hydrogen-bond acceptors (Lipinski definition) is 1. The molecule has 0 aliphatic carbocycles. The number of piperidine rings is 1. The summed E-state index contributed by atoms with van der Waals surface area (Å²) in [5.74, 6) is -0.532. The number of amides is 1. The van der Waals surface area contributed by atoms with Gasteiger partial charge in [0.15, 0.2) is 0 Å². The quantitative estimate of drug-likeness (QED) is 0.716. The molecule has 4 heteroatoms. The fourth-order valence-corrected chi connectivity index (χ4v) is 3.40. The van der Waals surface area contributed by atoms with E-state index in [9.17, 15) is 9.18 Å². The fourth-order valence-electron chi connectivity index (χ4n) is 3.22. The average molecular weight is 280 g/mol. The maximum absolute atomic E-state index is 13.2. The van der Waals surface area contributed by atoms with E-state index < -0.39 is 5.82 Å². The maximum Gasteiger partial charge on any atom is 0.254 e. The Morgan fingerprint density at radius 3 is 2.53 bits per heavy atom. The smallest absolute Gasteiger partial charge is 0.254 e. The molecule has 19 heavy (non-hydrogen) atoms. The first kappa shape index (κ1) is 12.7. The van der Waals surface area contributed by atoms with Crippen LogP contribution in [0.5, 0.6) is 0 Å². The second-order valence-corrected chi connectivity index (χ2v) is 5.79. The first-order chi connectivity index (χ1) is 9.06. The second-order valence-electron chi connectivity index (χ2n) is 5.38. The molecule has 0 N–H and O–H groups in total. The minimum Gasteiger partial charge on any atom is -0.332 e. The van der Waals surface area contributed by atoms with E-state index >= 15 is 0 Å². The molecular formula is C15H15ClFNO. The number of hydrogen-bond donors (Lipinski definition) is 0. The minimum absolute atomic E-state index is 0.000355. The van der Waals surface area contributed by atoms with Crippen molar-refractivity contribution >= 4 is 17.5 Å². The van der Waals surface area contributed by atoms with E-state index in [1.54, 1.807) is 0 Å². The Morgan fingerprint density at radius 1 is 1.32 bits per heavy atom. The highest BCUT2D eigenvalue weighted by atomic mass is 35.5. The summed E-state index contributed by atoms with van der Waals surface area (Å²) in [5.41, 5.74) is 1.70. The van der Waals surface area contributed by atoms with Gasteiger partial charge in [-0.15, -0.1) is 0 Å². The van der Waals surface area contributed by atoms with Gasteiger partial charge in [0.05, 0.1) is 5.02 Å². The van der Waals surface area contributed by atoms with Crippen LogP contribution in [0.15, 0.2) is 30.4 Å². The Kier molecular flexibility index (Phi) is 3.09. The van der Waals surface area contributed by atoms with Crippen LogP contribution >= 0.6 is 11.6 Å². The van der Waals surface area contributed by atoms with E-state index in [0.29, 0.717) is 5.56 Å². The third kappa shape index (κ3) is 2.16. The predicted molar refractivity (Wildman–Crippen MR) is 72.8 cm³/mol. The monoisotopic (exact) mass is 279 g/mol. The van der Waals surface area contributed by atoms with Crippen molar-refractivity contribution in [1.29, 1.82) is 0 Å². The third-order valence-electron chi connectivity index (χ3n) is 4.07. The second kappa shape index (κ2) is 4.64. The molecule has 0 spiro atoms. The van der Waals surface area contributed by atoms with Crippen LogP contribution in [0.2, 0.25) is 5.02 Å². The molecule has 0 unspecified atom stereocenters. The predicted octanol–water partition coefficient (Wildman–Crippen LogP) is 3.80. The van der Waals surface area contributed by atoms with Crippen molar-refractivity contribution in [2.45, 2.75) is 37.8 Å². The van der Waals surface area contributed by atoms with E-state index in [4.69, 9.17) is 11.6 Å². The Bertz CT molecular complexity index is 541. The van der Waals surface area contributed by atoms with Crippen molar-refractivity contribution in [2.75, 3.05) is 0 Å². The van der Waals surface area contributed by atoms with Gasteiger partial charge in [-0.05, 0) is 43.9 Å². The van der Waals surface area contributed by atoms with E-state index in [1.807, 2.05) is 4.90 Å². The Balaban J connectivity index is 1.88. The van der Waals surface area contributed by atoms with Gasteiger partial charge in [0, 0.05) is 17.6 Å². The number of halogens is 2. The molecule has 0 aromatic heterocycles. The minimum atomic E-state index is -0.492. The van der Waals surface area contributed by atoms with Crippen LogP contribution in [-0.4, -0.2) is 22.9 Å². The van der Waals surface area contributed by atoms with Gasteiger partial charge in [0.25, 0.3) is 5.91 Å². The molecule has 1 amide bonds. The number of carbonyl (C=O) groups excluding carboxylic acids is 1. The zero-order valence-corrected chi connectivity index (χ0v) is 11.3. The maximum atomic E-state index is 13.2. The summed E-state index contributed by atoms with van der Waals surface area (Å²) >= 11 is 5.75. The molecule has 2 atom stereocenters. The molecule has 0 saturated carbocycles. The highest BCUT2D eigenvalue weighted by molar-refractivity contribution is 6.31. The molecule has 100 valence electrons. The van der Waals surface area contributed by atoms with Crippen LogP contribution in [-0.2, 0) is 0 Å². The van der Waals surface area contributed by atoms with Crippen molar-refractivity contribution in [3.63, 3.8) is 0 Å². The van der Waals surface area contributed by atoms with Gasteiger partial charge < -0.3 is 4.90 Å². The molecule has 1 aromatic rings. The lowest BCUT2D eigenvalue weighted by atomic mass is 9.97. The van der Waals surface area contributed by atoms with Crippen LogP contribution in [0.1, 0.15) is 36.0 Å². The molecule has 2 saturated heterocycles. The molecule has 2 fully saturated rings.